The van der Waals surface area contributed by atoms with Crippen LogP contribution < -0.4 is 10.6 Å². The molecule has 1 saturated heterocycles. The predicted molar refractivity (Wildman–Crippen MR) is 173 cm³/mol. The summed E-state index contributed by atoms with van der Waals surface area (Å²) in [4.78, 5) is 44.3. The lowest BCUT2D eigenvalue weighted by molar-refractivity contribution is -0.136. The molecule has 3 atom stereocenters. The lowest BCUT2D eigenvalue weighted by Gasteiger charge is -2.32. The van der Waals surface area contributed by atoms with E-state index in [-0.39, 0.29) is 29.4 Å². The molecule has 0 radical (unpaired) electrons. The quantitative estimate of drug-likeness (QED) is 0.255. The number of hydrogen-bond donors (Lipinski definition) is 3. The van der Waals surface area contributed by atoms with Gasteiger partial charge in [-0.05, 0) is 86.2 Å². The fourth-order valence-electron chi connectivity index (χ4n) is 5.95. The van der Waals surface area contributed by atoms with E-state index in [2.05, 4.69) is 10.6 Å². The van der Waals surface area contributed by atoms with E-state index in [9.17, 15) is 28.3 Å². The number of hydrogen-bond acceptors (Lipinski definition) is 5. The normalized spacial score (nSPS) is 16.4. The van der Waals surface area contributed by atoms with Crippen molar-refractivity contribution in [2.24, 2.45) is 0 Å². The SMILES string of the molecule is CCCN(CCC)C(=O)c1cc(C)cc(C(=O)N[C@@H](Cc2cc(F)cc(F)c2)[C@H](O)[C@@H]2NCCCN(Cc3ccccc3)C2=O)c1. The van der Waals surface area contributed by atoms with Gasteiger partial charge in [-0.1, -0.05) is 44.2 Å². The number of carbonyl (C=O) groups is 3. The molecule has 4 rings (SSSR count). The fraction of sp³-hybridized carbons (Fsp3) is 0.417. The second-order valence-electron chi connectivity index (χ2n) is 12.0. The van der Waals surface area contributed by atoms with Crippen LogP contribution in [0, 0.1) is 18.6 Å². The number of rotatable bonds is 13. The molecule has 0 bridgehead atoms. The molecule has 1 heterocycles. The van der Waals surface area contributed by atoms with Gasteiger partial charge in [0, 0.05) is 43.4 Å². The minimum absolute atomic E-state index is 0.149. The molecule has 3 N–H and O–H groups in total. The number of nitrogens with one attached hydrogen (secondary N) is 2. The second-order valence-corrected chi connectivity index (χ2v) is 12.0. The summed E-state index contributed by atoms with van der Waals surface area (Å²) in [5, 5.41) is 17.7. The summed E-state index contributed by atoms with van der Waals surface area (Å²) in [6.45, 7) is 8.23. The van der Waals surface area contributed by atoms with Crippen LogP contribution >= 0.6 is 0 Å². The summed E-state index contributed by atoms with van der Waals surface area (Å²) in [5.41, 5.74) is 2.41. The zero-order chi connectivity index (χ0) is 33.2. The highest BCUT2D eigenvalue weighted by atomic mass is 19.1. The summed E-state index contributed by atoms with van der Waals surface area (Å²) in [6.07, 6.45) is 0.643. The van der Waals surface area contributed by atoms with Gasteiger partial charge in [-0.15, -0.1) is 0 Å². The van der Waals surface area contributed by atoms with E-state index in [4.69, 9.17) is 0 Å². The van der Waals surface area contributed by atoms with Gasteiger partial charge in [0.1, 0.15) is 17.7 Å². The van der Waals surface area contributed by atoms with Crippen molar-refractivity contribution in [2.45, 2.75) is 71.2 Å². The maximum absolute atomic E-state index is 14.2. The molecule has 3 aromatic rings. The Kier molecular flexibility index (Phi) is 12.4. The van der Waals surface area contributed by atoms with Gasteiger partial charge in [-0.2, -0.15) is 0 Å². The Morgan fingerprint density at radius 2 is 1.63 bits per heavy atom. The van der Waals surface area contributed by atoms with E-state index in [1.165, 1.54) is 6.07 Å². The van der Waals surface area contributed by atoms with E-state index >= 15 is 0 Å². The average molecular weight is 635 g/mol. The van der Waals surface area contributed by atoms with Crippen LogP contribution in [0.15, 0.2) is 66.7 Å². The third kappa shape index (κ3) is 9.20. The standard InChI is InChI=1S/C36H44F2N4O4/c1-4-13-41(14-5-2)35(45)28-17-24(3)16-27(21-28)34(44)40-31(20-26-18-29(37)22-30(38)19-26)33(43)32-36(46)42(15-9-12-39-32)23-25-10-7-6-8-11-25/h6-8,10-11,16-19,21-22,31-33,39,43H,4-5,9,12-15,20,23H2,1-3H3,(H,40,44)/t31-,32-,33-/m0/s1. The molecule has 0 aromatic heterocycles. The summed E-state index contributed by atoms with van der Waals surface area (Å²) in [6, 6.07) is 15.2. The van der Waals surface area contributed by atoms with Crippen molar-refractivity contribution in [2.75, 3.05) is 26.2 Å². The van der Waals surface area contributed by atoms with E-state index in [1.54, 1.807) is 28.9 Å². The van der Waals surface area contributed by atoms with Crippen molar-refractivity contribution >= 4 is 17.7 Å². The van der Waals surface area contributed by atoms with Crippen LogP contribution in [-0.4, -0.2) is 77.0 Å². The highest BCUT2D eigenvalue weighted by Gasteiger charge is 2.37. The maximum atomic E-state index is 14.2. The number of halogens is 2. The zero-order valence-electron chi connectivity index (χ0n) is 26.8. The number of nitrogens with zero attached hydrogens (tertiary/aromatic N) is 2. The van der Waals surface area contributed by atoms with Crippen molar-refractivity contribution < 1.29 is 28.3 Å². The smallest absolute Gasteiger partial charge is 0.253 e. The molecule has 246 valence electrons. The minimum atomic E-state index is -1.45. The minimum Gasteiger partial charge on any atom is -0.389 e. The first-order valence-corrected chi connectivity index (χ1v) is 16.0. The van der Waals surface area contributed by atoms with Crippen molar-refractivity contribution in [3.63, 3.8) is 0 Å². The Morgan fingerprint density at radius 3 is 2.28 bits per heavy atom. The highest BCUT2D eigenvalue weighted by molar-refractivity contribution is 6.00. The zero-order valence-corrected chi connectivity index (χ0v) is 26.8. The molecule has 0 unspecified atom stereocenters. The third-order valence-electron chi connectivity index (χ3n) is 8.07. The molecule has 10 heteroatoms. The molecule has 0 saturated carbocycles. The van der Waals surface area contributed by atoms with Crippen molar-refractivity contribution in [3.8, 4) is 0 Å². The molecule has 1 aliphatic heterocycles. The Balaban J connectivity index is 1.63. The van der Waals surface area contributed by atoms with Crippen LogP contribution in [-0.2, 0) is 17.8 Å². The maximum Gasteiger partial charge on any atom is 0.253 e. The Labute approximate surface area is 269 Å². The molecule has 0 spiro atoms. The molecular weight excluding hydrogens is 590 g/mol. The number of aliphatic hydroxyl groups excluding tert-OH is 1. The van der Waals surface area contributed by atoms with Gasteiger partial charge in [0.25, 0.3) is 11.8 Å². The van der Waals surface area contributed by atoms with Gasteiger partial charge in [0.2, 0.25) is 5.91 Å². The average Bonchev–Trinajstić information content (AvgIpc) is 3.20. The summed E-state index contributed by atoms with van der Waals surface area (Å²) in [5.74, 6) is -2.69. The second kappa shape index (κ2) is 16.4. The monoisotopic (exact) mass is 634 g/mol. The van der Waals surface area contributed by atoms with Gasteiger partial charge < -0.3 is 25.5 Å². The molecular formula is C36H44F2N4O4. The third-order valence-corrected chi connectivity index (χ3v) is 8.07. The van der Waals surface area contributed by atoms with E-state index in [0.717, 1.165) is 36.6 Å². The molecule has 1 aliphatic rings. The molecule has 1 fully saturated rings. The number of aliphatic hydroxyl groups is 1. The molecule has 8 nitrogen and oxygen atoms in total. The first-order chi connectivity index (χ1) is 22.1. The lowest BCUT2D eigenvalue weighted by Crippen LogP contribution is -2.58. The summed E-state index contributed by atoms with van der Waals surface area (Å²) in [7, 11) is 0. The number of benzene rings is 3. The lowest BCUT2D eigenvalue weighted by atomic mass is 9.94. The molecule has 46 heavy (non-hydrogen) atoms. The largest absolute Gasteiger partial charge is 0.389 e. The molecule has 0 aliphatic carbocycles. The van der Waals surface area contributed by atoms with Crippen molar-refractivity contribution in [1.82, 2.24) is 20.4 Å². The van der Waals surface area contributed by atoms with Crippen LogP contribution in [0.5, 0.6) is 0 Å². The predicted octanol–water partition coefficient (Wildman–Crippen LogP) is 4.63. The Bertz CT molecular complexity index is 1480. The van der Waals surface area contributed by atoms with Gasteiger partial charge in [0.15, 0.2) is 0 Å². The van der Waals surface area contributed by atoms with Crippen molar-refractivity contribution in [1.29, 1.82) is 0 Å². The van der Waals surface area contributed by atoms with E-state index in [1.807, 2.05) is 44.2 Å². The van der Waals surface area contributed by atoms with Crippen LogP contribution in [0.1, 0.15) is 70.5 Å². The Hall–Kier alpha value is -4.15. The van der Waals surface area contributed by atoms with Crippen LogP contribution in [0.25, 0.3) is 0 Å². The van der Waals surface area contributed by atoms with Crippen molar-refractivity contribution in [3.05, 3.63) is 106 Å². The number of amides is 3. The van der Waals surface area contributed by atoms with Crippen LogP contribution in [0.3, 0.4) is 0 Å². The van der Waals surface area contributed by atoms with Gasteiger partial charge in [-0.25, -0.2) is 8.78 Å². The number of carbonyl (C=O) groups excluding carboxylic acids is 3. The highest BCUT2D eigenvalue weighted by Crippen LogP contribution is 2.19. The van der Waals surface area contributed by atoms with Gasteiger partial charge >= 0.3 is 0 Å². The molecule has 3 amide bonds. The van der Waals surface area contributed by atoms with Gasteiger partial charge in [-0.3, -0.25) is 14.4 Å². The van der Waals surface area contributed by atoms with Crippen LogP contribution in [0.4, 0.5) is 8.78 Å². The van der Waals surface area contributed by atoms with Crippen LogP contribution in [0.2, 0.25) is 0 Å². The first-order valence-electron chi connectivity index (χ1n) is 16.0. The topological polar surface area (TPSA) is 102 Å². The Morgan fingerprint density at radius 1 is 0.978 bits per heavy atom. The van der Waals surface area contributed by atoms with Gasteiger partial charge in [0.05, 0.1) is 12.1 Å². The number of aryl methyl sites for hydroxylation is 1. The van der Waals surface area contributed by atoms with E-state index in [0.29, 0.717) is 50.3 Å². The first kappa shape index (κ1) is 34.7. The van der Waals surface area contributed by atoms with E-state index < -0.39 is 35.7 Å². The summed E-state index contributed by atoms with van der Waals surface area (Å²) < 4.78 is 28.4. The summed E-state index contributed by atoms with van der Waals surface area (Å²) >= 11 is 0. The molecule has 3 aromatic carbocycles. The fourth-order valence-corrected chi connectivity index (χ4v) is 5.95.